The van der Waals surface area contributed by atoms with Crippen molar-refractivity contribution < 1.29 is 9.59 Å². The first-order chi connectivity index (χ1) is 10.1. The Morgan fingerprint density at radius 2 is 1.76 bits per heavy atom. The van der Waals surface area contributed by atoms with E-state index in [-0.39, 0.29) is 18.2 Å². The molecule has 2 aromatic rings. The second kappa shape index (κ2) is 7.21. The van der Waals surface area contributed by atoms with Crippen LogP contribution < -0.4 is 10.9 Å². The summed E-state index contributed by atoms with van der Waals surface area (Å²) in [6.45, 7) is 1.98. The van der Waals surface area contributed by atoms with Gasteiger partial charge in [0.25, 0.3) is 5.91 Å². The van der Waals surface area contributed by atoms with Crippen molar-refractivity contribution in [1.82, 2.24) is 10.9 Å². The van der Waals surface area contributed by atoms with Gasteiger partial charge in [-0.1, -0.05) is 36.4 Å². The van der Waals surface area contributed by atoms with E-state index in [9.17, 15) is 9.59 Å². The van der Waals surface area contributed by atoms with Crippen molar-refractivity contribution >= 4 is 34.4 Å². The molecule has 2 rings (SSSR count). The lowest BCUT2D eigenvalue weighted by Crippen LogP contribution is -2.42. The van der Waals surface area contributed by atoms with Crippen LogP contribution in [0, 0.1) is 10.5 Å². The lowest BCUT2D eigenvalue weighted by atomic mass is 10.1. The van der Waals surface area contributed by atoms with Gasteiger partial charge in [0.2, 0.25) is 5.91 Å². The van der Waals surface area contributed by atoms with Crippen molar-refractivity contribution in [2.24, 2.45) is 0 Å². The van der Waals surface area contributed by atoms with Crippen molar-refractivity contribution in [3.8, 4) is 0 Å². The Hall–Kier alpha value is -1.89. The second-order valence-electron chi connectivity index (χ2n) is 4.63. The van der Waals surface area contributed by atoms with Gasteiger partial charge in [-0.2, -0.15) is 0 Å². The number of carbonyl (C=O) groups is 2. The van der Waals surface area contributed by atoms with Gasteiger partial charge in [0.15, 0.2) is 0 Å². The quantitative estimate of drug-likeness (QED) is 0.621. The normalized spacial score (nSPS) is 10.0. The van der Waals surface area contributed by atoms with Gasteiger partial charge in [0, 0.05) is 9.13 Å². The number of carbonyl (C=O) groups excluding carboxylic acids is 2. The average Bonchev–Trinajstić information content (AvgIpc) is 2.48. The van der Waals surface area contributed by atoms with Crippen LogP contribution in [-0.2, 0) is 11.2 Å². The summed E-state index contributed by atoms with van der Waals surface area (Å²) in [5, 5.41) is 0. The fourth-order valence-electron chi connectivity index (χ4n) is 1.76. The van der Waals surface area contributed by atoms with Crippen LogP contribution in [0.2, 0.25) is 0 Å². The lowest BCUT2D eigenvalue weighted by Gasteiger charge is -2.08. The fraction of sp³-hybridized carbons (Fsp3) is 0.125. The predicted octanol–water partition coefficient (Wildman–Crippen LogP) is 2.60. The highest BCUT2D eigenvalue weighted by Gasteiger charge is 2.09. The van der Waals surface area contributed by atoms with Gasteiger partial charge in [-0.3, -0.25) is 20.4 Å². The number of hydrogen-bond donors (Lipinski definition) is 2. The summed E-state index contributed by atoms with van der Waals surface area (Å²) < 4.78 is 1.01. The summed E-state index contributed by atoms with van der Waals surface area (Å²) in [6.07, 6.45) is 0.229. The molecule has 0 saturated carbocycles. The molecule has 0 atom stereocenters. The van der Waals surface area contributed by atoms with E-state index in [4.69, 9.17) is 0 Å². The van der Waals surface area contributed by atoms with Gasteiger partial charge in [-0.25, -0.2) is 0 Å². The monoisotopic (exact) mass is 394 g/mol. The molecule has 0 unspecified atom stereocenters. The van der Waals surface area contributed by atoms with Crippen LogP contribution in [-0.4, -0.2) is 11.8 Å². The molecule has 21 heavy (non-hydrogen) atoms. The molecule has 0 saturated heterocycles. The Morgan fingerprint density at radius 1 is 1.05 bits per heavy atom. The first-order valence-corrected chi connectivity index (χ1v) is 7.53. The van der Waals surface area contributed by atoms with E-state index in [1.54, 1.807) is 12.1 Å². The van der Waals surface area contributed by atoms with E-state index in [0.717, 1.165) is 14.7 Å². The first kappa shape index (κ1) is 15.5. The zero-order chi connectivity index (χ0) is 15.2. The highest BCUT2D eigenvalue weighted by Crippen LogP contribution is 2.13. The number of benzene rings is 2. The van der Waals surface area contributed by atoms with Gasteiger partial charge in [-0.05, 0) is 52.8 Å². The number of nitrogens with one attached hydrogen (secondary N) is 2. The average molecular weight is 394 g/mol. The van der Waals surface area contributed by atoms with E-state index in [0.29, 0.717) is 5.56 Å². The minimum Gasteiger partial charge on any atom is -0.273 e. The molecule has 0 bridgehead atoms. The third kappa shape index (κ3) is 4.56. The Balaban J connectivity index is 1.89. The van der Waals surface area contributed by atoms with E-state index in [2.05, 4.69) is 33.4 Å². The predicted molar refractivity (Wildman–Crippen MR) is 89.7 cm³/mol. The van der Waals surface area contributed by atoms with Crippen molar-refractivity contribution in [2.45, 2.75) is 13.3 Å². The van der Waals surface area contributed by atoms with Gasteiger partial charge in [-0.15, -0.1) is 0 Å². The van der Waals surface area contributed by atoms with Crippen LogP contribution in [0.5, 0.6) is 0 Å². The molecular weight excluding hydrogens is 379 g/mol. The number of amides is 2. The smallest absolute Gasteiger partial charge is 0.269 e. The standard InChI is InChI=1S/C16H15IN2O2/c1-11-7-8-13(10-14(11)17)16(21)19-18-15(20)9-12-5-3-2-4-6-12/h2-8,10H,9H2,1H3,(H,18,20)(H,19,21). The largest absolute Gasteiger partial charge is 0.273 e. The maximum Gasteiger partial charge on any atom is 0.269 e. The molecule has 5 heteroatoms. The van der Waals surface area contributed by atoms with Gasteiger partial charge >= 0.3 is 0 Å². The summed E-state index contributed by atoms with van der Waals surface area (Å²) in [6, 6.07) is 14.8. The Kier molecular flexibility index (Phi) is 5.32. The summed E-state index contributed by atoms with van der Waals surface area (Å²) in [5.41, 5.74) is 7.37. The van der Waals surface area contributed by atoms with E-state index in [1.807, 2.05) is 43.3 Å². The Morgan fingerprint density at radius 3 is 2.43 bits per heavy atom. The number of hydrazine groups is 1. The SMILES string of the molecule is Cc1ccc(C(=O)NNC(=O)Cc2ccccc2)cc1I. The van der Waals surface area contributed by atoms with E-state index >= 15 is 0 Å². The van der Waals surface area contributed by atoms with Crippen LogP contribution in [0.15, 0.2) is 48.5 Å². The van der Waals surface area contributed by atoms with E-state index in [1.165, 1.54) is 0 Å². The number of halogens is 1. The molecular formula is C16H15IN2O2. The molecule has 2 N–H and O–H groups in total. The number of aryl methyl sites for hydroxylation is 1. The minimum atomic E-state index is -0.325. The highest BCUT2D eigenvalue weighted by atomic mass is 127. The lowest BCUT2D eigenvalue weighted by molar-refractivity contribution is -0.121. The summed E-state index contributed by atoms with van der Waals surface area (Å²) in [7, 11) is 0. The number of hydrogen-bond acceptors (Lipinski definition) is 2. The summed E-state index contributed by atoms with van der Waals surface area (Å²) in [4.78, 5) is 23.7. The molecule has 0 aliphatic rings. The van der Waals surface area contributed by atoms with Crippen LogP contribution in [0.4, 0.5) is 0 Å². The molecule has 2 amide bonds. The van der Waals surface area contributed by atoms with Crippen molar-refractivity contribution in [3.63, 3.8) is 0 Å². The second-order valence-corrected chi connectivity index (χ2v) is 5.79. The molecule has 0 heterocycles. The molecule has 0 aromatic heterocycles. The van der Waals surface area contributed by atoms with Gasteiger partial charge in [0.1, 0.15) is 0 Å². The van der Waals surface area contributed by atoms with E-state index < -0.39 is 0 Å². The first-order valence-electron chi connectivity index (χ1n) is 6.45. The van der Waals surface area contributed by atoms with Crippen molar-refractivity contribution in [1.29, 1.82) is 0 Å². The Bertz CT molecular complexity index is 657. The zero-order valence-corrected chi connectivity index (χ0v) is 13.7. The number of rotatable bonds is 3. The summed E-state index contributed by atoms with van der Waals surface area (Å²) >= 11 is 2.17. The highest BCUT2D eigenvalue weighted by molar-refractivity contribution is 14.1. The third-order valence-corrected chi connectivity index (χ3v) is 4.12. The fourth-order valence-corrected chi connectivity index (χ4v) is 2.27. The maximum absolute atomic E-state index is 11.9. The van der Waals surface area contributed by atoms with Gasteiger partial charge < -0.3 is 0 Å². The molecule has 2 aromatic carbocycles. The zero-order valence-electron chi connectivity index (χ0n) is 11.5. The van der Waals surface area contributed by atoms with Crippen molar-refractivity contribution in [2.75, 3.05) is 0 Å². The Labute approximate surface area is 137 Å². The topological polar surface area (TPSA) is 58.2 Å². The van der Waals surface area contributed by atoms with Crippen molar-refractivity contribution in [3.05, 3.63) is 68.8 Å². The minimum absolute atomic E-state index is 0.229. The van der Waals surface area contributed by atoms with Crippen LogP contribution in [0.3, 0.4) is 0 Å². The summed E-state index contributed by atoms with van der Waals surface area (Å²) in [5.74, 6) is -0.578. The molecule has 0 aliphatic carbocycles. The third-order valence-electron chi connectivity index (χ3n) is 2.96. The van der Waals surface area contributed by atoms with Gasteiger partial charge in [0.05, 0.1) is 6.42 Å². The molecule has 0 spiro atoms. The van der Waals surface area contributed by atoms with Crippen LogP contribution in [0.1, 0.15) is 21.5 Å². The maximum atomic E-state index is 11.9. The molecule has 0 fully saturated rings. The van der Waals surface area contributed by atoms with Crippen LogP contribution >= 0.6 is 22.6 Å². The molecule has 108 valence electrons. The molecule has 0 radical (unpaired) electrons. The molecule has 0 aliphatic heterocycles. The molecule has 4 nitrogen and oxygen atoms in total. The van der Waals surface area contributed by atoms with Crippen LogP contribution in [0.25, 0.3) is 0 Å².